The zero-order chi connectivity index (χ0) is 14.5. The van der Waals surface area contributed by atoms with Crippen molar-refractivity contribution in [3.63, 3.8) is 0 Å². The monoisotopic (exact) mass is 309 g/mol. The van der Waals surface area contributed by atoms with E-state index < -0.39 is 0 Å². The maximum absolute atomic E-state index is 12.6. The first-order valence-corrected chi connectivity index (χ1v) is 7.49. The second-order valence-electron chi connectivity index (χ2n) is 4.23. The Morgan fingerprint density at radius 3 is 2.85 bits per heavy atom. The average molecular weight is 310 g/mol. The number of anilines is 1. The van der Waals surface area contributed by atoms with Gasteiger partial charge in [0.25, 0.3) is 5.91 Å². The summed E-state index contributed by atoms with van der Waals surface area (Å²) >= 11 is 7.60. The van der Waals surface area contributed by atoms with Gasteiger partial charge in [-0.25, -0.2) is 0 Å². The maximum Gasteiger partial charge on any atom is 0.256 e. The van der Waals surface area contributed by atoms with Crippen molar-refractivity contribution in [3.05, 3.63) is 51.2 Å². The molecule has 0 fully saturated rings. The summed E-state index contributed by atoms with van der Waals surface area (Å²) in [4.78, 5) is 15.5. The molecule has 1 aromatic carbocycles. The van der Waals surface area contributed by atoms with Gasteiger partial charge in [0.15, 0.2) is 0 Å². The van der Waals surface area contributed by atoms with Crippen molar-refractivity contribution in [3.8, 4) is 0 Å². The highest BCUT2D eigenvalue weighted by atomic mass is 35.5. The SMILES string of the molecule is CCN(Cc1cccs1)C(=O)c1cc(Cl)ccc1NN. The Labute approximate surface area is 127 Å². The molecule has 0 unspecified atom stereocenters. The summed E-state index contributed by atoms with van der Waals surface area (Å²) in [7, 11) is 0. The van der Waals surface area contributed by atoms with Crippen molar-refractivity contribution in [1.82, 2.24) is 4.90 Å². The largest absolute Gasteiger partial charge is 0.334 e. The second-order valence-corrected chi connectivity index (χ2v) is 5.70. The van der Waals surface area contributed by atoms with Gasteiger partial charge < -0.3 is 10.3 Å². The van der Waals surface area contributed by atoms with Crippen molar-refractivity contribution in [2.45, 2.75) is 13.5 Å². The Balaban J connectivity index is 2.26. The molecule has 4 nitrogen and oxygen atoms in total. The molecule has 0 saturated carbocycles. The van der Waals surface area contributed by atoms with Crippen LogP contribution in [0.15, 0.2) is 35.7 Å². The molecule has 0 bridgehead atoms. The predicted octanol–water partition coefficient (Wildman–Crippen LogP) is 3.35. The Bertz CT molecular complexity index is 586. The van der Waals surface area contributed by atoms with Gasteiger partial charge in [-0.15, -0.1) is 11.3 Å². The molecular weight excluding hydrogens is 294 g/mol. The Morgan fingerprint density at radius 2 is 2.25 bits per heavy atom. The number of benzene rings is 1. The summed E-state index contributed by atoms with van der Waals surface area (Å²) in [6.07, 6.45) is 0. The Kier molecular flexibility index (Phi) is 5.00. The zero-order valence-corrected chi connectivity index (χ0v) is 12.7. The van der Waals surface area contributed by atoms with Gasteiger partial charge in [0.1, 0.15) is 0 Å². The number of nitrogens with zero attached hydrogens (tertiary/aromatic N) is 1. The fourth-order valence-corrected chi connectivity index (χ4v) is 2.80. The molecule has 3 N–H and O–H groups in total. The molecule has 6 heteroatoms. The molecule has 0 aliphatic carbocycles. The van der Waals surface area contributed by atoms with E-state index >= 15 is 0 Å². The lowest BCUT2D eigenvalue weighted by Gasteiger charge is -2.21. The van der Waals surface area contributed by atoms with Crippen LogP contribution in [0.1, 0.15) is 22.2 Å². The topological polar surface area (TPSA) is 58.4 Å². The minimum Gasteiger partial charge on any atom is -0.334 e. The van der Waals surface area contributed by atoms with E-state index in [1.807, 2.05) is 24.4 Å². The third-order valence-corrected chi connectivity index (χ3v) is 4.06. The molecule has 0 spiro atoms. The Morgan fingerprint density at radius 1 is 1.45 bits per heavy atom. The van der Waals surface area contributed by atoms with Gasteiger partial charge in [-0.1, -0.05) is 17.7 Å². The number of hydrogen-bond donors (Lipinski definition) is 2. The van der Waals surface area contributed by atoms with Crippen LogP contribution in [0.3, 0.4) is 0 Å². The number of carbonyl (C=O) groups excluding carboxylic acids is 1. The van der Waals surface area contributed by atoms with Crippen LogP contribution in [-0.2, 0) is 6.54 Å². The van der Waals surface area contributed by atoms with E-state index in [0.717, 1.165) is 4.88 Å². The minimum absolute atomic E-state index is 0.0867. The van der Waals surface area contributed by atoms with Gasteiger partial charge in [-0.2, -0.15) is 0 Å². The van der Waals surface area contributed by atoms with E-state index in [1.165, 1.54) is 0 Å². The van der Waals surface area contributed by atoms with Crippen molar-refractivity contribution < 1.29 is 4.79 Å². The third-order valence-electron chi connectivity index (χ3n) is 2.96. The normalized spacial score (nSPS) is 10.3. The molecule has 2 rings (SSSR count). The molecule has 1 heterocycles. The fourth-order valence-electron chi connectivity index (χ4n) is 1.91. The quantitative estimate of drug-likeness (QED) is 0.658. The van der Waals surface area contributed by atoms with Crippen LogP contribution < -0.4 is 11.3 Å². The first kappa shape index (κ1) is 14.8. The summed E-state index contributed by atoms with van der Waals surface area (Å²) in [6.45, 7) is 3.16. The van der Waals surface area contributed by atoms with Gasteiger partial charge in [-0.3, -0.25) is 10.6 Å². The molecule has 0 radical (unpaired) electrons. The van der Waals surface area contributed by atoms with Crippen molar-refractivity contribution in [2.75, 3.05) is 12.0 Å². The van der Waals surface area contributed by atoms with Gasteiger partial charge in [0.2, 0.25) is 0 Å². The number of nitrogen functional groups attached to an aromatic ring is 1. The predicted molar refractivity (Wildman–Crippen MR) is 84.0 cm³/mol. The van der Waals surface area contributed by atoms with Crippen molar-refractivity contribution >= 4 is 34.5 Å². The highest BCUT2D eigenvalue weighted by Gasteiger charge is 2.18. The molecule has 1 aromatic heterocycles. The van der Waals surface area contributed by atoms with E-state index in [0.29, 0.717) is 29.4 Å². The molecule has 2 aromatic rings. The molecule has 1 amide bonds. The molecule has 0 aliphatic heterocycles. The van der Waals surface area contributed by atoms with Crippen molar-refractivity contribution in [2.24, 2.45) is 5.84 Å². The Hall–Kier alpha value is -1.56. The number of thiophene rings is 1. The van der Waals surface area contributed by atoms with Crippen LogP contribution in [0.25, 0.3) is 0 Å². The van der Waals surface area contributed by atoms with Crippen LogP contribution in [0, 0.1) is 0 Å². The number of carbonyl (C=O) groups is 1. The summed E-state index contributed by atoms with van der Waals surface area (Å²) in [5.74, 6) is 5.37. The lowest BCUT2D eigenvalue weighted by molar-refractivity contribution is 0.0755. The summed E-state index contributed by atoms with van der Waals surface area (Å²) < 4.78 is 0. The smallest absolute Gasteiger partial charge is 0.256 e. The van der Waals surface area contributed by atoms with Gasteiger partial charge in [0, 0.05) is 16.4 Å². The molecule has 0 aliphatic rings. The number of hydrazine groups is 1. The molecular formula is C14H16ClN3OS. The van der Waals surface area contributed by atoms with Gasteiger partial charge in [0.05, 0.1) is 17.8 Å². The van der Waals surface area contributed by atoms with Crippen LogP contribution in [0.2, 0.25) is 5.02 Å². The minimum atomic E-state index is -0.0867. The lowest BCUT2D eigenvalue weighted by Crippen LogP contribution is -2.31. The number of halogens is 1. The number of hydrogen-bond acceptors (Lipinski definition) is 4. The summed E-state index contributed by atoms with van der Waals surface area (Å²) in [6, 6.07) is 9.03. The van der Waals surface area contributed by atoms with Gasteiger partial charge >= 0.3 is 0 Å². The second kappa shape index (κ2) is 6.74. The fraction of sp³-hybridized carbons (Fsp3) is 0.214. The molecule has 106 valence electrons. The van der Waals surface area contributed by atoms with Crippen LogP contribution >= 0.6 is 22.9 Å². The lowest BCUT2D eigenvalue weighted by atomic mass is 10.1. The molecule has 0 atom stereocenters. The zero-order valence-electron chi connectivity index (χ0n) is 11.1. The highest BCUT2D eigenvalue weighted by molar-refractivity contribution is 7.09. The maximum atomic E-state index is 12.6. The van der Waals surface area contributed by atoms with E-state index in [-0.39, 0.29) is 5.91 Å². The number of nitrogens with one attached hydrogen (secondary N) is 1. The van der Waals surface area contributed by atoms with E-state index in [9.17, 15) is 4.79 Å². The van der Waals surface area contributed by atoms with Crippen LogP contribution in [0.4, 0.5) is 5.69 Å². The average Bonchev–Trinajstić information content (AvgIpc) is 2.97. The first-order valence-electron chi connectivity index (χ1n) is 6.23. The van der Waals surface area contributed by atoms with E-state index in [4.69, 9.17) is 17.4 Å². The molecule has 20 heavy (non-hydrogen) atoms. The molecule has 0 saturated heterocycles. The summed E-state index contributed by atoms with van der Waals surface area (Å²) in [5, 5.41) is 2.51. The van der Waals surface area contributed by atoms with Crippen LogP contribution in [-0.4, -0.2) is 17.4 Å². The first-order chi connectivity index (χ1) is 9.65. The highest BCUT2D eigenvalue weighted by Crippen LogP contribution is 2.23. The van der Waals surface area contributed by atoms with Gasteiger partial charge in [-0.05, 0) is 36.6 Å². The van der Waals surface area contributed by atoms with E-state index in [2.05, 4.69) is 5.43 Å². The third kappa shape index (κ3) is 3.30. The summed E-state index contributed by atoms with van der Waals surface area (Å²) in [5.41, 5.74) is 3.60. The number of amides is 1. The van der Waals surface area contributed by atoms with Crippen LogP contribution in [0.5, 0.6) is 0 Å². The van der Waals surface area contributed by atoms with E-state index in [1.54, 1.807) is 34.4 Å². The number of nitrogens with two attached hydrogens (primary N) is 1. The number of rotatable bonds is 5. The standard InChI is InChI=1S/C14H16ClN3OS/c1-2-18(9-11-4-3-7-20-11)14(19)12-8-10(15)5-6-13(12)17-16/h3-8,17H,2,9,16H2,1H3. The van der Waals surface area contributed by atoms with Crippen molar-refractivity contribution in [1.29, 1.82) is 0 Å².